The van der Waals surface area contributed by atoms with E-state index in [0.717, 1.165) is 43.7 Å². The highest BCUT2D eigenvalue weighted by Crippen LogP contribution is 2.31. The fourth-order valence-corrected chi connectivity index (χ4v) is 4.18. The van der Waals surface area contributed by atoms with E-state index >= 15 is 0 Å². The van der Waals surface area contributed by atoms with Crippen molar-refractivity contribution in [3.05, 3.63) is 29.3 Å². The Kier molecular flexibility index (Phi) is 5.97. The first-order valence-electron chi connectivity index (χ1n) is 9.81. The van der Waals surface area contributed by atoms with Crippen LogP contribution in [0.1, 0.15) is 36.8 Å². The summed E-state index contributed by atoms with van der Waals surface area (Å²) in [4.78, 5) is 29.3. The number of benzene rings is 1. The molecule has 2 amide bonds. The smallest absolute Gasteiger partial charge is 0.228 e. The first-order valence-corrected chi connectivity index (χ1v) is 9.81. The molecule has 0 aliphatic carbocycles. The molecule has 26 heavy (non-hydrogen) atoms. The van der Waals surface area contributed by atoms with Crippen LogP contribution in [0.3, 0.4) is 0 Å². The van der Waals surface area contributed by atoms with Crippen LogP contribution in [0.5, 0.6) is 0 Å². The highest BCUT2D eigenvalue weighted by molar-refractivity contribution is 6.00. The molecule has 0 saturated carbocycles. The summed E-state index contributed by atoms with van der Waals surface area (Å²) in [7, 11) is 1.98. The maximum atomic E-state index is 12.9. The second kappa shape index (κ2) is 8.21. The minimum absolute atomic E-state index is 0.0703. The molecule has 1 atom stereocenters. The van der Waals surface area contributed by atoms with E-state index < -0.39 is 0 Å². The van der Waals surface area contributed by atoms with E-state index in [9.17, 15) is 9.59 Å². The van der Waals surface area contributed by atoms with Crippen LogP contribution in [0, 0.1) is 25.7 Å². The molecule has 142 valence electrons. The summed E-state index contributed by atoms with van der Waals surface area (Å²) < 4.78 is 0. The van der Waals surface area contributed by atoms with E-state index in [0.29, 0.717) is 18.9 Å². The second-order valence-corrected chi connectivity index (χ2v) is 7.79. The summed E-state index contributed by atoms with van der Waals surface area (Å²) in [5.74, 6) is 0.749. The number of carbonyl (C=O) groups excluding carboxylic acids is 2. The van der Waals surface area contributed by atoms with Gasteiger partial charge in [-0.3, -0.25) is 9.59 Å². The van der Waals surface area contributed by atoms with Gasteiger partial charge in [0.2, 0.25) is 11.8 Å². The van der Waals surface area contributed by atoms with E-state index in [4.69, 9.17) is 0 Å². The molecule has 1 unspecified atom stereocenters. The molecule has 2 aliphatic heterocycles. The standard InChI is InChI=1S/C21H31N3O2/c1-15-5-4-6-19(16(15)2)24-14-18(13-20(24)25)21(26)23-11-8-17(9-12-23)7-10-22-3/h4-6,17-18,22H,7-14H2,1-3H3. The number of carbonyl (C=O) groups is 2. The van der Waals surface area contributed by atoms with Gasteiger partial charge in [0.05, 0.1) is 5.92 Å². The number of amides is 2. The third-order valence-corrected chi connectivity index (χ3v) is 6.07. The number of hydrogen-bond acceptors (Lipinski definition) is 3. The summed E-state index contributed by atoms with van der Waals surface area (Å²) in [6, 6.07) is 6.02. The number of anilines is 1. The second-order valence-electron chi connectivity index (χ2n) is 7.79. The SMILES string of the molecule is CNCCC1CCN(C(=O)C2CC(=O)N(c3cccc(C)c3C)C2)CC1. The Hall–Kier alpha value is -1.88. The predicted molar refractivity (Wildman–Crippen MR) is 104 cm³/mol. The zero-order valence-corrected chi connectivity index (χ0v) is 16.3. The first-order chi connectivity index (χ1) is 12.5. The van der Waals surface area contributed by atoms with Crippen molar-refractivity contribution in [3.63, 3.8) is 0 Å². The zero-order valence-electron chi connectivity index (χ0n) is 16.3. The maximum Gasteiger partial charge on any atom is 0.228 e. The number of aryl methyl sites for hydroxylation is 1. The van der Waals surface area contributed by atoms with Crippen molar-refractivity contribution < 1.29 is 9.59 Å². The van der Waals surface area contributed by atoms with Gasteiger partial charge in [-0.2, -0.15) is 0 Å². The third kappa shape index (κ3) is 3.93. The topological polar surface area (TPSA) is 52.7 Å². The fourth-order valence-electron chi connectivity index (χ4n) is 4.18. The first kappa shape index (κ1) is 18.9. The number of likely N-dealkylation sites (tertiary alicyclic amines) is 1. The van der Waals surface area contributed by atoms with Gasteiger partial charge in [-0.05, 0) is 69.8 Å². The Morgan fingerprint density at radius 3 is 2.65 bits per heavy atom. The average molecular weight is 357 g/mol. The minimum atomic E-state index is -0.198. The lowest BCUT2D eigenvalue weighted by molar-refractivity contribution is -0.137. The summed E-state index contributed by atoms with van der Waals surface area (Å²) in [5, 5.41) is 3.20. The van der Waals surface area contributed by atoms with Gasteiger partial charge < -0.3 is 15.1 Å². The molecule has 2 heterocycles. The van der Waals surface area contributed by atoms with Gasteiger partial charge in [0, 0.05) is 31.7 Å². The Morgan fingerprint density at radius 2 is 1.96 bits per heavy atom. The third-order valence-electron chi connectivity index (χ3n) is 6.07. The summed E-state index contributed by atoms with van der Waals surface area (Å²) >= 11 is 0. The van der Waals surface area contributed by atoms with Gasteiger partial charge in [-0.15, -0.1) is 0 Å². The van der Waals surface area contributed by atoms with Crippen molar-refractivity contribution >= 4 is 17.5 Å². The van der Waals surface area contributed by atoms with Gasteiger partial charge in [-0.1, -0.05) is 12.1 Å². The highest BCUT2D eigenvalue weighted by Gasteiger charge is 2.38. The van der Waals surface area contributed by atoms with Crippen molar-refractivity contribution in [1.29, 1.82) is 0 Å². The van der Waals surface area contributed by atoms with E-state index in [1.807, 2.05) is 35.9 Å². The number of piperidine rings is 1. The normalized spacial score (nSPS) is 21.5. The van der Waals surface area contributed by atoms with Crippen LogP contribution in [-0.2, 0) is 9.59 Å². The quantitative estimate of drug-likeness (QED) is 0.881. The maximum absolute atomic E-state index is 12.9. The minimum Gasteiger partial charge on any atom is -0.342 e. The lowest BCUT2D eigenvalue weighted by Crippen LogP contribution is -2.42. The van der Waals surface area contributed by atoms with Gasteiger partial charge >= 0.3 is 0 Å². The molecule has 5 nitrogen and oxygen atoms in total. The molecule has 0 radical (unpaired) electrons. The Bertz CT molecular complexity index is 665. The lowest BCUT2D eigenvalue weighted by atomic mass is 9.92. The van der Waals surface area contributed by atoms with Crippen LogP contribution in [0.4, 0.5) is 5.69 Å². The van der Waals surface area contributed by atoms with Crippen LogP contribution in [0.25, 0.3) is 0 Å². The molecule has 0 bridgehead atoms. The van der Waals surface area contributed by atoms with Crippen LogP contribution >= 0.6 is 0 Å². The molecule has 0 spiro atoms. The van der Waals surface area contributed by atoms with Gasteiger partial charge in [0.1, 0.15) is 0 Å². The molecule has 0 aromatic heterocycles. The van der Waals surface area contributed by atoms with Crippen LogP contribution in [0.2, 0.25) is 0 Å². The summed E-state index contributed by atoms with van der Waals surface area (Å²) in [6.07, 6.45) is 3.68. The number of nitrogens with one attached hydrogen (secondary N) is 1. The fraction of sp³-hybridized carbons (Fsp3) is 0.619. The molecular weight excluding hydrogens is 326 g/mol. The van der Waals surface area contributed by atoms with Crippen molar-refractivity contribution in [2.75, 3.05) is 38.1 Å². The van der Waals surface area contributed by atoms with E-state index in [-0.39, 0.29) is 17.7 Å². The van der Waals surface area contributed by atoms with E-state index in [1.54, 1.807) is 0 Å². The molecule has 1 aromatic carbocycles. The molecule has 2 saturated heterocycles. The van der Waals surface area contributed by atoms with Crippen molar-refractivity contribution in [2.45, 2.75) is 39.5 Å². The van der Waals surface area contributed by atoms with E-state index in [2.05, 4.69) is 18.3 Å². The molecular formula is C21H31N3O2. The monoisotopic (exact) mass is 357 g/mol. The lowest BCUT2D eigenvalue weighted by Gasteiger charge is -2.33. The molecule has 1 N–H and O–H groups in total. The van der Waals surface area contributed by atoms with Crippen LogP contribution in [-0.4, -0.2) is 49.9 Å². The van der Waals surface area contributed by atoms with Crippen molar-refractivity contribution in [3.8, 4) is 0 Å². The number of hydrogen-bond donors (Lipinski definition) is 1. The van der Waals surface area contributed by atoms with Crippen LogP contribution in [0.15, 0.2) is 18.2 Å². The number of rotatable bonds is 5. The molecule has 3 rings (SSSR count). The van der Waals surface area contributed by atoms with Crippen molar-refractivity contribution in [1.82, 2.24) is 10.2 Å². The van der Waals surface area contributed by atoms with E-state index in [1.165, 1.54) is 12.0 Å². The van der Waals surface area contributed by atoms with Crippen LogP contribution < -0.4 is 10.2 Å². The molecule has 1 aromatic rings. The average Bonchev–Trinajstić information content (AvgIpc) is 3.03. The molecule has 2 aliphatic rings. The number of nitrogens with zero attached hydrogens (tertiary/aromatic N) is 2. The van der Waals surface area contributed by atoms with Crippen molar-refractivity contribution in [2.24, 2.45) is 11.8 Å². The Morgan fingerprint density at radius 1 is 1.23 bits per heavy atom. The van der Waals surface area contributed by atoms with Gasteiger partial charge in [0.25, 0.3) is 0 Å². The Labute approximate surface area is 156 Å². The molecule has 2 fully saturated rings. The van der Waals surface area contributed by atoms with Gasteiger partial charge in [-0.25, -0.2) is 0 Å². The summed E-state index contributed by atoms with van der Waals surface area (Å²) in [5.41, 5.74) is 3.25. The summed E-state index contributed by atoms with van der Waals surface area (Å²) in [6.45, 7) is 7.33. The predicted octanol–water partition coefficient (Wildman–Crippen LogP) is 2.50. The van der Waals surface area contributed by atoms with Gasteiger partial charge in [0.15, 0.2) is 0 Å². The Balaban J connectivity index is 1.60. The molecule has 5 heteroatoms. The zero-order chi connectivity index (χ0) is 18.7. The largest absolute Gasteiger partial charge is 0.342 e. The highest BCUT2D eigenvalue weighted by atomic mass is 16.2.